The lowest BCUT2D eigenvalue weighted by molar-refractivity contribution is 0.388. The normalized spacial score (nSPS) is 14.8. The van der Waals surface area contributed by atoms with Crippen molar-refractivity contribution in [2.24, 2.45) is 5.92 Å². The van der Waals surface area contributed by atoms with Gasteiger partial charge in [-0.05, 0) is 31.0 Å². The molecule has 4 heteroatoms. The topological polar surface area (TPSA) is 29.9 Å². The average molecular weight is 332 g/mol. The molecule has 0 bridgehead atoms. The number of nitrogens with one attached hydrogen (secondary N) is 1. The molecule has 0 saturated heterocycles. The predicted octanol–water partition coefficient (Wildman–Crippen LogP) is 4.33. The number of benzene rings is 1. The van der Waals surface area contributed by atoms with E-state index in [4.69, 9.17) is 16.7 Å². The van der Waals surface area contributed by atoms with E-state index in [1.54, 1.807) is 0 Å². The fourth-order valence-electron chi connectivity index (χ4n) is 3.40. The first-order valence-corrected chi connectivity index (χ1v) is 9.15. The van der Waals surface area contributed by atoms with Gasteiger partial charge in [0.15, 0.2) is 0 Å². The van der Waals surface area contributed by atoms with Crippen LogP contribution >= 0.6 is 11.6 Å². The summed E-state index contributed by atoms with van der Waals surface area (Å²) < 4.78 is 2.28. The van der Waals surface area contributed by atoms with Gasteiger partial charge in [0.25, 0.3) is 0 Å². The molecule has 1 aliphatic heterocycles. The molecule has 0 saturated carbocycles. The van der Waals surface area contributed by atoms with Crippen molar-refractivity contribution in [2.75, 3.05) is 13.1 Å². The predicted molar refractivity (Wildman–Crippen MR) is 97.0 cm³/mol. The zero-order valence-corrected chi connectivity index (χ0v) is 14.9. The second kappa shape index (κ2) is 7.50. The number of halogens is 1. The van der Waals surface area contributed by atoms with Crippen molar-refractivity contribution in [3.05, 3.63) is 40.5 Å². The van der Waals surface area contributed by atoms with E-state index in [1.165, 1.54) is 29.7 Å². The van der Waals surface area contributed by atoms with E-state index in [0.29, 0.717) is 5.92 Å². The SMILES string of the molecule is CCC(CC)Cn1nc(-c2ccc(Cl)cc2)c2c1CCNCC2. The number of fused-ring (bicyclic) bond motifs is 1. The van der Waals surface area contributed by atoms with Gasteiger partial charge in [-0.15, -0.1) is 0 Å². The number of nitrogens with zero attached hydrogens (tertiary/aromatic N) is 2. The zero-order valence-electron chi connectivity index (χ0n) is 14.1. The second-order valence-electron chi connectivity index (χ2n) is 6.40. The van der Waals surface area contributed by atoms with Gasteiger partial charge in [-0.1, -0.05) is 50.4 Å². The minimum atomic E-state index is 0.702. The number of rotatable bonds is 5. The van der Waals surface area contributed by atoms with E-state index < -0.39 is 0 Å². The van der Waals surface area contributed by atoms with Crippen LogP contribution in [0.5, 0.6) is 0 Å². The van der Waals surface area contributed by atoms with E-state index in [1.807, 2.05) is 12.1 Å². The summed E-state index contributed by atoms with van der Waals surface area (Å²) in [5.41, 5.74) is 5.16. The van der Waals surface area contributed by atoms with Gasteiger partial charge in [0.2, 0.25) is 0 Å². The van der Waals surface area contributed by atoms with Gasteiger partial charge in [0.1, 0.15) is 0 Å². The Kier molecular flexibility index (Phi) is 5.39. The van der Waals surface area contributed by atoms with E-state index in [-0.39, 0.29) is 0 Å². The monoisotopic (exact) mass is 331 g/mol. The number of hydrogen-bond acceptors (Lipinski definition) is 2. The van der Waals surface area contributed by atoms with Crippen molar-refractivity contribution < 1.29 is 0 Å². The Labute approximate surface area is 144 Å². The third-order valence-corrected chi connectivity index (χ3v) is 5.21. The van der Waals surface area contributed by atoms with Crippen molar-refractivity contribution in [1.29, 1.82) is 0 Å². The molecule has 0 fully saturated rings. The molecule has 0 amide bonds. The van der Waals surface area contributed by atoms with Crippen LogP contribution in [0.15, 0.2) is 24.3 Å². The highest BCUT2D eigenvalue weighted by Crippen LogP contribution is 2.29. The summed E-state index contributed by atoms with van der Waals surface area (Å²) in [6.07, 6.45) is 4.53. The molecule has 2 heterocycles. The molecular formula is C19H26ClN3. The maximum atomic E-state index is 6.04. The fraction of sp³-hybridized carbons (Fsp3) is 0.526. The average Bonchev–Trinajstić information content (AvgIpc) is 2.75. The number of aromatic nitrogens is 2. The Morgan fingerprint density at radius 3 is 2.52 bits per heavy atom. The summed E-state index contributed by atoms with van der Waals surface area (Å²) in [5, 5.41) is 9.31. The highest BCUT2D eigenvalue weighted by molar-refractivity contribution is 6.30. The first kappa shape index (κ1) is 16.5. The Morgan fingerprint density at radius 2 is 1.83 bits per heavy atom. The molecule has 2 aromatic rings. The second-order valence-corrected chi connectivity index (χ2v) is 6.83. The molecule has 1 N–H and O–H groups in total. The maximum absolute atomic E-state index is 6.04. The summed E-state index contributed by atoms with van der Waals surface area (Å²) >= 11 is 6.04. The molecule has 0 atom stereocenters. The van der Waals surface area contributed by atoms with Crippen molar-refractivity contribution in [1.82, 2.24) is 15.1 Å². The summed E-state index contributed by atoms with van der Waals surface area (Å²) in [5.74, 6) is 0.702. The number of hydrogen-bond donors (Lipinski definition) is 1. The van der Waals surface area contributed by atoms with Crippen LogP contribution < -0.4 is 5.32 Å². The van der Waals surface area contributed by atoms with E-state index in [2.05, 4.69) is 36.0 Å². The van der Waals surface area contributed by atoms with E-state index in [0.717, 1.165) is 43.2 Å². The van der Waals surface area contributed by atoms with Crippen molar-refractivity contribution in [2.45, 2.75) is 46.1 Å². The maximum Gasteiger partial charge on any atom is 0.0958 e. The lowest BCUT2D eigenvalue weighted by Crippen LogP contribution is -2.18. The van der Waals surface area contributed by atoms with Gasteiger partial charge in [0.05, 0.1) is 5.69 Å². The van der Waals surface area contributed by atoms with Crippen LogP contribution in [0.25, 0.3) is 11.3 Å². The van der Waals surface area contributed by atoms with Gasteiger partial charge >= 0.3 is 0 Å². The highest BCUT2D eigenvalue weighted by atomic mass is 35.5. The highest BCUT2D eigenvalue weighted by Gasteiger charge is 2.21. The zero-order chi connectivity index (χ0) is 16.2. The molecule has 3 rings (SSSR count). The van der Waals surface area contributed by atoms with Gasteiger partial charge in [0, 0.05) is 41.4 Å². The Morgan fingerprint density at radius 1 is 1.13 bits per heavy atom. The first-order chi connectivity index (χ1) is 11.2. The molecule has 0 spiro atoms. The van der Waals surface area contributed by atoms with E-state index in [9.17, 15) is 0 Å². The fourth-order valence-corrected chi connectivity index (χ4v) is 3.53. The Balaban J connectivity index is 2.02. The van der Waals surface area contributed by atoms with Crippen LogP contribution in [-0.4, -0.2) is 22.9 Å². The molecule has 1 aromatic carbocycles. The first-order valence-electron chi connectivity index (χ1n) is 8.78. The van der Waals surface area contributed by atoms with Crippen molar-refractivity contribution >= 4 is 11.6 Å². The lowest BCUT2D eigenvalue weighted by atomic mass is 10.0. The summed E-state index contributed by atoms with van der Waals surface area (Å²) in [7, 11) is 0. The molecule has 1 aliphatic rings. The van der Waals surface area contributed by atoms with Crippen LogP contribution in [-0.2, 0) is 19.4 Å². The minimum Gasteiger partial charge on any atom is -0.316 e. The van der Waals surface area contributed by atoms with Gasteiger partial charge < -0.3 is 5.32 Å². The third-order valence-electron chi connectivity index (χ3n) is 4.96. The molecule has 0 unspecified atom stereocenters. The smallest absolute Gasteiger partial charge is 0.0958 e. The molecule has 0 aliphatic carbocycles. The lowest BCUT2D eigenvalue weighted by Gasteiger charge is -2.14. The van der Waals surface area contributed by atoms with Crippen molar-refractivity contribution in [3.8, 4) is 11.3 Å². The van der Waals surface area contributed by atoms with Crippen LogP contribution in [0.4, 0.5) is 0 Å². The molecular weight excluding hydrogens is 306 g/mol. The molecule has 124 valence electrons. The molecule has 1 aromatic heterocycles. The molecule has 3 nitrogen and oxygen atoms in total. The molecule has 23 heavy (non-hydrogen) atoms. The van der Waals surface area contributed by atoms with E-state index >= 15 is 0 Å². The van der Waals surface area contributed by atoms with Crippen LogP contribution in [0.2, 0.25) is 5.02 Å². The minimum absolute atomic E-state index is 0.702. The molecule has 0 radical (unpaired) electrons. The Bertz CT molecular complexity index is 641. The summed E-state index contributed by atoms with van der Waals surface area (Å²) in [6.45, 7) is 7.66. The Hall–Kier alpha value is -1.32. The standard InChI is InChI=1S/C19H26ClN3/c1-3-14(4-2)13-23-18-10-12-21-11-9-17(18)19(22-23)15-5-7-16(20)8-6-15/h5-8,14,21H,3-4,9-13H2,1-2H3. The largest absolute Gasteiger partial charge is 0.316 e. The quantitative estimate of drug-likeness (QED) is 0.883. The third kappa shape index (κ3) is 3.61. The summed E-state index contributed by atoms with van der Waals surface area (Å²) in [4.78, 5) is 0. The van der Waals surface area contributed by atoms with Crippen molar-refractivity contribution in [3.63, 3.8) is 0 Å². The van der Waals surface area contributed by atoms with Gasteiger partial charge in [-0.3, -0.25) is 4.68 Å². The van der Waals surface area contributed by atoms with Gasteiger partial charge in [-0.25, -0.2) is 0 Å². The van der Waals surface area contributed by atoms with Gasteiger partial charge in [-0.2, -0.15) is 5.10 Å². The summed E-state index contributed by atoms with van der Waals surface area (Å²) in [6, 6.07) is 8.09. The van der Waals surface area contributed by atoms with Crippen LogP contribution in [0.3, 0.4) is 0 Å². The van der Waals surface area contributed by atoms with Crippen LogP contribution in [0.1, 0.15) is 37.9 Å². The van der Waals surface area contributed by atoms with Crippen LogP contribution in [0, 0.1) is 5.92 Å².